The Kier molecular flexibility index (Phi) is 8.86. The van der Waals surface area contributed by atoms with Crippen molar-refractivity contribution in [3.63, 3.8) is 0 Å². The largest absolute Gasteiger partial charge is 0.477 e. The predicted molar refractivity (Wildman–Crippen MR) is 132 cm³/mol. The van der Waals surface area contributed by atoms with E-state index in [-0.39, 0.29) is 29.4 Å². The van der Waals surface area contributed by atoms with E-state index in [0.29, 0.717) is 22.5 Å². The molecule has 0 fully saturated rings. The zero-order valence-electron chi connectivity index (χ0n) is 18.4. The Labute approximate surface area is 209 Å². The van der Waals surface area contributed by atoms with E-state index in [1.165, 1.54) is 18.3 Å². The molecule has 178 valence electrons. The number of carbonyl (C=O) groups excluding carboxylic acids is 1. The van der Waals surface area contributed by atoms with Crippen molar-refractivity contribution >= 4 is 39.5 Å². The minimum absolute atomic E-state index is 0.0503. The van der Waals surface area contributed by atoms with Gasteiger partial charge in [0.1, 0.15) is 28.7 Å². The van der Waals surface area contributed by atoms with Gasteiger partial charge in [0, 0.05) is 11.9 Å². The number of aromatic nitrogens is 2. The number of carbonyl (C=O) groups is 2. The number of nitriles is 1. The van der Waals surface area contributed by atoms with Crippen molar-refractivity contribution in [3.8, 4) is 6.07 Å². The number of pyridine rings is 2. The van der Waals surface area contributed by atoms with Crippen LogP contribution < -0.4 is 11.1 Å². The second-order valence-electron chi connectivity index (χ2n) is 7.32. The summed E-state index contributed by atoms with van der Waals surface area (Å²) in [5, 5.41) is 20.0. The van der Waals surface area contributed by atoms with Gasteiger partial charge in [-0.05, 0) is 70.7 Å². The number of aliphatic imine (C=N–C) groups is 1. The molecule has 3 aromatic rings. The van der Waals surface area contributed by atoms with E-state index in [1.54, 1.807) is 18.2 Å². The Bertz CT molecular complexity index is 1260. The van der Waals surface area contributed by atoms with Gasteiger partial charge in [-0.1, -0.05) is 18.2 Å². The van der Waals surface area contributed by atoms with Gasteiger partial charge in [-0.3, -0.25) is 4.79 Å². The number of hydrogen-bond acceptors (Lipinski definition) is 8. The van der Waals surface area contributed by atoms with Crippen LogP contribution in [0.5, 0.6) is 0 Å². The number of halogens is 1. The van der Waals surface area contributed by atoms with E-state index in [1.807, 2.05) is 30.3 Å². The smallest absolute Gasteiger partial charge is 0.354 e. The molecule has 0 radical (unpaired) electrons. The lowest BCUT2D eigenvalue weighted by Crippen LogP contribution is -2.12. The zero-order chi connectivity index (χ0) is 25.2. The van der Waals surface area contributed by atoms with Gasteiger partial charge in [0.15, 0.2) is 0 Å². The molecule has 35 heavy (non-hydrogen) atoms. The second-order valence-corrected chi connectivity index (χ2v) is 8.13. The number of anilines is 1. The van der Waals surface area contributed by atoms with Crippen molar-refractivity contribution < 1.29 is 19.4 Å². The molecule has 0 spiro atoms. The van der Waals surface area contributed by atoms with E-state index in [4.69, 9.17) is 20.8 Å². The normalized spacial score (nSPS) is 13.9. The summed E-state index contributed by atoms with van der Waals surface area (Å²) in [5.41, 5.74) is 8.07. The maximum Gasteiger partial charge on any atom is 0.354 e. The average Bonchev–Trinajstić information content (AvgIpc) is 3.29. The summed E-state index contributed by atoms with van der Waals surface area (Å²) in [5.74, 6) is -1.28. The third-order valence-corrected chi connectivity index (χ3v) is 5.23. The number of hydrogen-bond donors (Lipinski definition) is 3. The fourth-order valence-electron chi connectivity index (χ4n) is 3.00. The van der Waals surface area contributed by atoms with Crippen LogP contribution in [0.2, 0.25) is 0 Å². The molecule has 1 aliphatic heterocycles. The zero-order valence-corrected chi connectivity index (χ0v) is 20.0. The fraction of sp³-hybridized carbons (Fsp3) is 0.167. The highest BCUT2D eigenvalue weighted by atomic mass is 79.9. The van der Waals surface area contributed by atoms with Crippen LogP contribution in [0.25, 0.3) is 0 Å². The van der Waals surface area contributed by atoms with Gasteiger partial charge in [-0.2, -0.15) is 5.26 Å². The van der Waals surface area contributed by atoms with Crippen molar-refractivity contribution in [1.29, 1.82) is 5.26 Å². The van der Waals surface area contributed by atoms with Crippen LogP contribution in [-0.2, 0) is 11.2 Å². The van der Waals surface area contributed by atoms with Crippen molar-refractivity contribution in [2.45, 2.75) is 18.9 Å². The van der Waals surface area contributed by atoms with E-state index in [9.17, 15) is 9.59 Å². The lowest BCUT2D eigenvalue weighted by Gasteiger charge is -2.08. The fourth-order valence-corrected chi connectivity index (χ4v) is 3.34. The molecule has 0 bridgehead atoms. The van der Waals surface area contributed by atoms with Crippen LogP contribution in [0.15, 0.2) is 70.4 Å². The van der Waals surface area contributed by atoms with Gasteiger partial charge in [0.25, 0.3) is 11.9 Å². The molecule has 2 aromatic heterocycles. The molecular weight excluding hydrogens is 516 g/mol. The molecular formula is C24H21BrN6O4. The van der Waals surface area contributed by atoms with Gasteiger partial charge < -0.3 is 20.9 Å². The van der Waals surface area contributed by atoms with Crippen LogP contribution >= 0.6 is 15.9 Å². The van der Waals surface area contributed by atoms with Gasteiger partial charge in [-0.15, -0.1) is 0 Å². The number of amides is 1. The summed E-state index contributed by atoms with van der Waals surface area (Å²) < 4.78 is 5.67. The van der Waals surface area contributed by atoms with E-state index in [2.05, 4.69) is 36.2 Å². The predicted octanol–water partition coefficient (Wildman–Crippen LogP) is 3.39. The van der Waals surface area contributed by atoms with Crippen LogP contribution in [-0.4, -0.2) is 45.6 Å². The molecule has 4 N–H and O–H groups in total. The molecule has 0 saturated heterocycles. The summed E-state index contributed by atoms with van der Waals surface area (Å²) in [6, 6.07) is 17.8. The van der Waals surface area contributed by atoms with Crippen molar-refractivity contribution in [3.05, 3.63) is 87.9 Å². The maximum absolute atomic E-state index is 12.2. The van der Waals surface area contributed by atoms with Gasteiger partial charge >= 0.3 is 5.97 Å². The Hall–Kier alpha value is -4.30. The first-order chi connectivity index (χ1) is 16.8. The molecule has 1 aromatic carbocycles. The summed E-state index contributed by atoms with van der Waals surface area (Å²) in [6.07, 6.45) is 3.11. The molecule has 1 atom stereocenters. The molecule has 1 amide bonds. The van der Waals surface area contributed by atoms with Crippen LogP contribution in [0.1, 0.15) is 38.5 Å². The van der Waals surface area contributed by atoms with E-state index in [0.717, 1.165) is 18.4 Å². The summed E-state index contributed by atoms with van der Waals surface area (Å²) in [4.78, 5) is 34.2. The number of rotatable bonds is 6. The molecule has 0 aliphatic carbocycles. The number of carboxylic acids is 1. The molecule has 1 aliphatic rings. The van der Waals surface area contributed by atoms with E-state index >= 15 is 0 Å². The van der Waals surface area contributed by atoms with Crippen LogP contribution in [0, 0.1) is 11.3 Å². The first kappa shape index (κ1) is 25.3. The summed E-state index contributed by atoms with van der Waals surface area (Å²) >= 11 is 3.06. The molecule has 1 unspecified atom stereocenters. The number of carboxylic acid groups (broad SMARTS) is 1. The Morgan fingerprint density at radius 1 is 1.20 bits per heavy atom. The lowest BCUT2D eigenvalue weighted by molar-refractivity contribution is 0.0690. The highest BCUT2D eigenvalue weighted by Crippen LogP contribution is 2.15. The molecule has 0 saturated carbocycles. The highest BCUT2D eigenvalue weighted by molar-refractivity contribution is 9.10. The monoisotopic (exact) mass is 536 g/mol. The maximum atomic E-state index is 12.2. The third-order valence-electron chi connectivity index (χ3n) is 4.79. The highest BCUT2D eigenvalue weighted by Gasteiger charge is 2.16. The van der Waals surface area contributed by atoms with Gasteiger partial charge in [0.2, 0.25) is 0 Å². The Balaban J connectivity index is 0.000000287. The first-order valence-electron chi connectivity index (χ1n) is 10.4. The number of aromatic carboxylic acids is 1. The number of aryl methyl sites for hydroxylation is 1. The SMILES string of the molecule is N#Cc1ccc(C(=O)Nc2ccc(CCC3COC(N)=N3)cc2)cn1.O=C(O)c1cccc(Br)n1. The number of ether oxygens (including phenoxy) is 1. The van der Waals surface area contributed by atoms with Crippen molar-refractivity contribution in [2.24, 2.45) is 10.7 Å². The minimum Gasteiger partial charge on any atom is -0.477 e. The van der Waals surface area contributed by atoms with Gasteiger partial charge in [-0.25, -0.2) is 19.8 Å². The molecule has 11 heteroatoms. The third kappa shape index (κ3) is 7.90. The second kappa shape index (κ2) is 12.2. The lowest BCUT2D eigenvalue weighted by atomic mass is 10.1. The van der Waals surface area contributed by atoms with Crippen LogP contribution in [0.4, 0.5) is 5.69 Å². The van der Waals surface area contributed by atoms with Crippen molar-refractivity contribution in [1.82, 2.24) is 9.97 Å². The Morgan fingerprint density at radius 2 is 1.97 bits per heavy atom. The number of nitrogens with one attached hydrogen (secondary N) is 1. The summed E-state index contributed by atoms with van der Waals surface area (Å²) in [7, 11) is 0. The minimum atomic E-state index is -1.01. The molecule has 3 heterocycles. The van der Waals surface area contributed by atoms with E-state index < -0.39 is 5.97 Å². The molecule has 10 nitrogen and oxygen atoms in total. The van der Waals surface area contributed by atoms with Gasteiger partial charge in [0.05, 0.1) is 11.6 Å². The number of nitrogens with two attached hydrogens (primary N) is 1. The van der Waals surface area contributed by atoms with Crippen LogP contribution in [0.3, 0.4) is 0 Å². The number of nitrogens with zero attached hydrogens (tertiary/aromatic N) is 4. The standard InChI is InChI=1S/C18H17N5O2.C6H4BrNO2/c19-9-15-8-4-13(10-21-15)17(24)22-14-5-1-12(2-6-14)3-7-16-11-25-18(20)23-16;7-5-3-1-2-4(8-5)6(9)10/h1-2,4-6,8,10,16H,3,7,11H2,(H2,20,23)(H,22,24);1-3H,(H,9,10). The number of amidine groups is 1. The summed E-state index contributed by atoms with van der Waals surface area (Å²) in [6.45, 7) is 0.540. The molecule has 4 rings (SSSR count). The topological polar surface area (TPSA) is 164 Å². The Morgan fingerprint density at radius 3 is 2.51 bits per heavy atom. The number of benzene rings is 1. The van der Waals surface area contributed by atoms with Crippen molar-refractivity contribution in [2.75, 3.05) is 11.9 Å². The average molecular weight is 537 g/mol. The quantitative estimate of drug-likeness (QED) is 0.403. The first-order valence-corrected chi connectivity index (χ1v) is 11.2.